The fourth-order valence-corrected chi connectivity index (χ4v) is 3.85. The quantitative estimate of drug-likeness (QED) is 0.764. The second-order valence-corrected chi connectivity index (χ2v) is 6.02. The van der Waals surface area contributed by atoms with Crippen LogP contribution in [-0.2, 0) is 5.88 Å². The van der Waals surface area contributed by atoms with E-state index in [9.17, 15) is 0 Å². The number of hydrogen-bond donors (Lipinski definition) is 0. The summed E-state index contributed by atoms with van der Waals surface area (Å²) in [6.07, 6.45) is 9.73. The van der Waals surface area contributed by atoms with Crippen LogP contribution < -0.4 is 0 Å². The van der Waals surface area contributed by atoms with E-state index in [2.05, 4.69) is 21.5 Å². The lowest BCUT2D eigenvalue weighted by molar-refractivity contribution is 0.243. The van der Waals surface area contributed by atoms with Crippen molar-refractivity contribution in [3.8, 4) is 0 Å². The highest BCUT2D eigenvalue weighted by Gasteiger charge is 2.27. The van der Waals surface area contributed by atoms with Crippen LogP contribution >= 0.6 is 11.6 Å². The Balaban J connectivity index is 2.05. The first-order valence-electron chi connectivity index (χ1n) is 7.73. The predicted molar refractivity (Wildman–Crippen MR) is 83.0 cm³/mol. The maximum atomic E-state index is 6.13. The molecule has 0 amide bonds. The number of pyridine rings is 1. The van der Waals surface area contributed by atoms with Crippen molar-refractivity contribution in [2.45, 2.75) is 57.4 Å². The Morgan fingerprint density at radius 3 is 2.85 bits per heavy atom. The van der Waals surface area contributed by atoms with Gasteiger partial charge in [-0.25, -0.2) is 9.97 Å². The minimum Gasteiger partial charge on any atom is -0.308 e. The normalized spacial score (nSPS) is 18.5. The number of fused-ring (bicyclic) bond motifs is 1. The van der Waals surface area contributed by atoms with Crippen LogP contribution in [-0.4, -0.2) is 14.5 Å². The molecule has 2 aromatic rings. The van der Waals surface area contributed by atoms with Gasteiger partial charge in [-0.05, 0) is 37.3 Å². The Labute approximate surface area is 125 Å². The van der Waals surface area contributed by atoms with Crippen LogP contribution in [0.3, 0.4) is 0 Å². The summed E-state index contributed by atoms with van der Waals surface area (Å²) in [5.41, 5.74) is 1.97. The van der Waals surface area contributed by atoms with Crippen molar-refractivity contribution in [2.75, 3.05) is 0 Å². The van der Waals surface area contributed by atoms with Crippen molar-refractivity contribution in [2.24, 2.45) is 5.92 Å². The van der Waals surface area contributed by atoms with E-state index in [-0.39, 0.29) is 0 Å². The molecular weight excluding hydrogens is 270 g/mol. The zero-order valence-corrected chi connectivity index (χ0v) is 12.8. The van der Waals surface area contributed by atoms with E-state index < -0.39 is 0 Å². The van der Waals surface area contributed by atoms with E-state index in [4.69, 9.17) is 11.6 Å². The van der Waals surface area contributed by atoms with Crippen LogP contribution in [0.2, 0.25) is 0 Å². The fraction of sp³-hybridized carbons (Fsp3) is 0.625. The molecule has 20 heavy (non-hydrogen) atoms. The van der Waals surface area contributed by atoms with Crippen LogP contribution in [0.4, 0.5) is 0 Å². The van der Waals surface area contributed by atoms with Crippen molar-refractivity contribution >= 4 is 22.8 Å². The monoisotopic (exact) mass is 291 g/mol. The summed E-state index contributed by atoms with van der Waals surface area (Å²) in [6, 6.07) is 4.46. The number of rotatable bonds is 4. The van der Waals surface area contributed by atoms with Crippen LogP contribution in [0, 0.1) is 5.92 Å². The standard InChI is InChI=1S/C16H22ClN3/c1-2-14(12-7-4-3-5-8-12)20-15(11-17)19-13-9-6-10-18-16(13)20/h6,9-10,12,14H,2-5,7-8,11H2,1H3. The molecular formula is C16H22ClN3. The van der Waals surface area contributed by atoms with Gasteiger partial charge in [0.05, 0.1) is 5.88 Å². The van der Waals surface area contributed by atoms with Gasteiger partial charge in [-0.1, -0.05) is 26.2 Å². The molecule has 3 nitrogen and oxygen atoms in total. The molecule has 3 rings (SSSR count). The third-order valence-electron chi connectivity index (χ3n) is 4.59. The maximum Gasteiger partial charge on any atom is 0.160 e. The lowest BCUT2D eigenvalue weighted by Crippen LogP contribution is -2.23. The molecule has 0 spiro atoms. The van der Waals surface area contributed by atoms with Crippen molar-refractivity contribution in [1.82, 2.24) is 14.5 Å². The van der Waals surface area contributed by atoms with E-state index in [1.54, 1.807) is 0 Å². The van der Waals surface area contributed by atoms with E-state index in [1.807, 2.05) is 18.3 Å². The molecule has 0 aromatic carbocycles. The first kappa shape index (κ1) is 13.9. The third-order valence-corrected chi connectivity index (χ3v) is 4.82. The minimum absolute atomic E-state index is 0.458. The lowest BCUT2D eigenvalue weighted by atomic mass is 9.82. The predicted octanol–water partition coefficient (Wildman–Crippen LogP) is 4.70. The molecule has 2 heterocycles. The van der Waals surface area contributed by atoms with E-state index in [1.165, 1.54) is 32.1 Å². The highest BCUT2D eigenvalue weighted by Crippen LogP contribution is 2.37. The van der Waals surface area contributed by atoms with Gasteiger partial charge in [0.25, 0.3) is 0 Å². The van der Waals surface area contributed by atoms with Gasteiger partial charge in [-0.15, -0.1) is 11.6 Å². The van der Waals surface area contributed by atoms with Gasteiger partial charge in [0.1, 0.15) is 11.3 Å². The summed E-state index contributed by atoms with van der Waals surface area (Å²) < 4.78 is 2.32. The minimum atomic E-state index is 0.458. The van der Waals surface area contributed by atoms with Gasteiger partial charge in [-0.3, -0.25) is 0 Å². The summed E-state index contributed by atoms with van der Waals surface area (Å²) >= 11 is 6.13. The van der Waals surface area contributed by atoms with Gasteiger partial charge in [0, 0.05) is 12.2 Å². The Bertz CT molecular complexity index is 572. The molecule has 0 radical (unpaired) electrons. The molecule has 1 aliphatic carbocycles. The average molecular weight is 292 g/mol. The fourth-order valence-electron chi connectivity index (χ4n) is 3.66. The van der Waals surface area contributed by atoms with Crippen molar-refractivity contribution in [3.63, 3.8) is 0 Å². The Morgan fingerprint density at radius 2 is 2.15 bits per heavy atom. The average Bonchev–Trinajstić information content (AvgIpc) is 2.88. The zero-order chi connectivity index (χ0) is 13.9. The first-order chi connectivity index (χ1) is 9.85. The lowest BCUT2D eigenvalue weighted by Gasteiger charge is -2.31. The number of nitrogens with zero attached hydrogens (tertiary/aromatic N) is 3. The molecule has 1 fully saturated rings. The molecule has 108 valence electrons. The number of aromatic nitrogens is 3. The highest BCUT2D eigenvalue weighted by atomic mass is 35.5. The van der Waals surface area contributed by atoms with Gasteiger partial charge in [0.2, 0.25) is 0 Å². The second kappa shape index (κ2) is 6.13. The largest absolute Gasteiger partial charge is 0.308 e. The number of alkyl halides is 1. The molecule has 0 aliphatic heterocycles. The van der Waals surface area contributed by atoms with Crippen LogP contribution in [0.15, 0.2) is 18.3 Å². The molecule has 4 heteroatoms. The van der Waals surface area contributed by atoms with Gasteiger partial charge >= 0.3 is 0 Å². The Kier molecular flexibility index (Phi) is 4.25. The zero-order valence-electron chi connectivity index (χ0n) is 12.1. The maximum absolute atomic E-state index is 6.13. The van der Waals surface area contributed by atoms with E-state index in [0.29, 0.717) is 11.9 Å². The summed E-state index contributed by atoms with van der Waals surface area (Å²) in [6.45, 7) is 2.27. The van der Waals surface area contributed by atoms with Gasteiger partial charge in [-0.2, -0.15) is 0 Å². The van der Waals surface area contributed by atoms with Gasteiger partial charge in [0.15, 0.2) is 5.65 Å². The SMILES string of the molecule is CCC(C1CCCCC1)n1c(CCl)nc2cccnc21. The summed E-state index contributed by atoms with van der Waals surface area (Å²) in [7, 11) is 0. The molecule has 0 bridgehead atoms. The van der Waals surface area contributed by atoms with Crippen molar-refractivity contribution in [1.29, 1.82) is 0 Å². The highest BCUT2D eigenvalue weighted by molar-refractivity contribution is 6.16. The summed E-state index contributed by atoms with van der Waals surface area (Å²) in [5, 5.41) is 0. The molecule has 1 saturated carbocycles. The molecule has 0 saturated heterocycles. The third kappa shape index (κ3) is 2.44. The van der Waals surface area contributed by atoms with Crippen molar-refractivity contribution in [3.05, 3.63) is 24.2 Å². The number of imidazole rings is 1. The summed E-state index contributed by atoms with van der Waals surface area (Å²) in [4.78, 5) is 9.22. The Hall–Kier alpha value is -1.09. The van der Waals surface area contributed by atoms with Crippen molar-refractivity contribution < 1.29 is 0 Å². The summed E-state index contributed by atoms with van der Waals surface area (Å²) in [5.74, 6) is 2.17. The van der Waals surface area contributed by atoms with Crippen LogP contribution in [0.25, 0.3) is 11.2 Å². The van der Waals surface area contributed by atoms with Gasteiger partial charge < -0.3 is 4.57 Å². The van der Waals surface area contributed by atoms with E-state index in [0.717, 1.165) is 29.3 Å². The van der Waals surface area contributed by atoms with E-state index >= 15 is 0 Å². The molecule has 2 aromatic heterocycles. The Morgan fingerprint density at radius 1 is 1.35 bits per heavy atom. The second-order valence-electron chi connectivity index (χ2n) is 5.75. The molecule has 1 aliphatic rings. The number of halogens is 1. The molecule has 1 unspecified atom stereocenters. The van der Waals surface area contributed by atoms with Crippen LogP contribution in [0.1, 0.15) is 57.3 Å². The molecule has 0 N–H and O–H groups in total. The number of hydrogen-bond acceptors (Lipinski definition) is 2. The smallest absolute Gasteiger partial charge is 0.160 e. The molecule has 1 atom stereocenters. The first-order valence-corrected chi connectivity index (χ1v) is 8.26. The topological polar surface area (TPSA) is 30.7 Å². The van der Waals surface area contributed by atoms with Crippen LogP contribution in [0.5, 0.6) is 0 Å².